The van der Waals surface area contributed by atoms with Gasteiger partial charge in [-0.05, 0) is 79.1 Å². The number of hydrogen-bond acceptors (Lipinski definition) is 6. The second-order valence-corrected chi connectivity index (χ2v) is 10.9. The SMILES string of the molecule is COCCOc1ccc2c(c1)CCN2C1=CC2=C(C#N)C(=[N+]3CCc4cc(OCCOC)ccc43)CCC2CC1. The fourth-order valence-corrected chi connectivity index (χ4v) is 6.64. The van der Waals surface area contributed by atoms with Crippen LogP contribution >= 0.6 is 0 Å². The first-order valence-corrected chi connectivity index (χ1v) is 14.5. The van der Waals surface area contributed by atoms with Crippen molar-refractivity contribution < 1.29 is 23.5 Å². The summed E-state index contributed by atoms with van der Waals surface area (Å²) in [5.74, 6) is 2.24. The molecule has 7 heteroatoms. The van der Waals surface area contributed by atoms with Gasteiger partial charge in [-0.2, -0.15) is 9.84 Å². The predicted molar refractivity (Wildman–Crippen MR) is 155 cm³/mol. The van der Waals surface area contributed by atoms with Gasteiger partial charge in [0.2, 0.25) is 5.69 Å². The van der Waals surface area contributed by atoms with Gasteiger partial charge in [0.1, 0.15) is 36.4 Å². The molecule has 0 aromatic heterocycles. The van der Waals surface area contributed by atoms with Crippen molar-refractivity contribution in [3.63, 3.8) is 0 Å². The maximum Gasteiger partial charge on any atom is 0.209 e. The Morgan fingerprint density at radius 3 is 2.35 bits per heavy atom. The Bertz CT molecular complexity index is 1420. The molecule has 0 radical (unpaired) electrons. The molecule has 2 aromatic carbocycles. The van der Waals surface area contributed by atoms with Gasteiger partial charge >= 0.3 is 0 Å². The molecule has 0 N–H and O–H groups in total. The summed E-state index contributed by atoms with van der Waals surface area (Å²) in [5.41, 5.74) is 9.68. The Hall–Kier alpha value is -3.60. The van der Waals surface area contributed by atoms with E-state index < -0.39 is 0 Å². The molecule has 4 aliphatic rings. The van der Waals surface area contributed by atoms with Gasteiger partial charge in [-0.3, -0.25) is 0 Å². The summed E-state index contributed by atoms with van der Waals surface area (Å²) in [6.45, 7) is 4.12. The fourth-order valence-electron chi connectivity index (χ4n) is 6.64. The number of allylic oxidation sites excluding steroid dienone is 4. The lowest BCUT2D eigenvalue weighted by molar-refractivity contribution is -0.430. The minimum atomic E-state index is 0.458. The molecule has 208 valence electrons. The van der Waals surface area contributed by atoms with Crippen LogP contribution in [0.1, 0.15) is 36.8 Å². The molecule has 0 saturated carbocycles. The molecule has 1 atom stereocenters. The van der Waals surface area contributed by atoms with Crippen molar-refractivity contribution >= 4 is 17.1 Å². The van der Waals surface area contributed by atoms with Crippen LogP contribution in [0, 0.1) is 17.2 Å². The zero-order valence-corrected chi connectivity index (χ0v) is 23.6. The third-order valence-electron chi connectivity index (χ3n) is 8.61. The van der Waals surface area contributed by atoms with Crippen LogP contribution in [0.4, 0.5) is 11.4 Å². The van der Waals surface area contributed by atoms with Crippen molar-refractivity contribution in [1.29, 1.82) is 5.26 Å². The van der Waals surface area contributed by atoms with E-state index in [1.54, 1.807) is 14.2 Å². The number of ether oxygens (including phenoxy) is 4. The van der Waals surface area contributed by atoms with E-state index in [0.717, 1.165) is 68.7 Å². The molecular weight excluding hydrogens is 502 g/mol. The smallest absolute Gasteiger partial charge is 0.209 e. The minimum absolute atomic E-state index is 0.458. The van der Waals surface area contributed by atoms with Crippen LogP contribution in [-0.4, -0.2) is 64.0 Å². The topological polar surface area (TPSA) is 67.0 Å². The highest BCUT2D eigenvalue weighted by Crippen LogP contribution is 2.43. The van der Waals surface area contributed by atoms with Crippen LogP contribution < -0.4 is 14.4 Å². The molecule has 0 bridgehead atoms. The quantitative estimate of drug-likeness (QED) is 0.316. The Labute approximate surface area is 236 Å². The lowest BCUT2D eigenvalue weighted by Crippen LogP contribution is -2.29. The van der Waals surface area contributed by atoms with E-state index in [2.05, 4.69) is 52.0 Å². The van der Waals surface area contributed by atoms with E-state index in [9.17, 15) is 5.26 Å². The lowest BCUT2D eigenvalue weighted by atomic mass is 9.76. The maximum atomic E-state index is 10.4. The third-order valence-corrected chi connectivity index (χ3v) is 8.61. The summed E-state index contributed by atoms with van der Waals surface area (Å²) >= 11 is 0. The summed E-state index contributed by atoms with van der Waals surface area (Å²) in [6.07, 6.45) is 8.50. The molecule has 1 unspecified atom stereocenters. The highest BCUT2D eigenvalue weighted by atomic mass is 16.5. The van der Waals surface area contributed by atoms with Gasteiger partial charge in [-0.15, -0.1) is 0 Å². The standard InChI is InChI=1S/C33H38N3O4/c1-37-15-17-39-27-6-9-31-24(19-27)11-13-35(31)26-5-3-23-4-8-33(30(22-34)29(23)21-26)36-14-12-25-20-28(7-10-32(25)36)40-18-16-38-2/h6-7,9-10,19-21,23H,3-5,8,11-18H2,1-2H3/q+1. The molecule has 0 spiro atoms. The van der Waals surface area contributed by atoms with Crippen LogP contribution in [0.2, 0.25) is 0 Å². The van der Waals surface area contributed by atoms with Crippen LogP contribution in [0.15, 0.2) is 59.3 Å². The molecule has 2 aliphatic carbocycles. The second-order valence-electron chi connectivity index (χ2n) is 10.9. The zero-order valence-electron chi connectivity index (χ0n) is 23.6. The van der Waals surface area contributed by atoms with Gasteiger partial charge in [-0.1, -0.05) is 0 Å². The van der Waals surface area contributed by atoms with Crippen molar-refractivity contribution in [3.05, 3.63) is 70.4 Å². The molecule has 2 aliphatic heterocycles. The summed E-state index contributed by atoms with van der Waals surface area (Å²) in [7, 11) is 3.37. The summed E-state index contributed by atoms with van der Waals surface area (Å²) in [6, 6.07) is 15.4. The maximum absolute atomic E-state index is 10.4. The Morgan fingerprint density at radius 2 is 1.60 bits per heavy atom. The number of fused-ring (bicyclic) bond motifs is 3. The highest BCUT2D eigenvalue weighted by Gasteiger charge is 2.38. The summed E-state index contributed by atoms with van der Waals surface area (Å²) in [5, 5.41) is 10.4. The fraction of sp³-hybridized carbons (Fsp3) is 0.455. The number of nitrogens with zero attached hydrogens (tertiary/aromatic N) is 3. The summed E-state index contributed by atoms with van der Waals surface area (Å²) in [4.78, 5) is 2.46. The van der Waals surface area contributed by atoms with Crippen LogP contribution in [0.3, 0.4) is 0 Å². The average molecular weight is 541 g/mol. The van der Waals surface area contributed by atoms with Gasteiger partial charge < -0.3 is 23.8 Å². The van der Waals surface area contributed by atoms with Gasteiger partial charge in [0.25, 0.3) is 0 Å². The van der Waals surface area contributed by atoms with E-state index >= 15 is 0 Å². The molecule has 0 fully saturated rings. The normalized spacial score (nSPS) is 21.5. The Morgan fingerprint density at radius 1 is 0.875 bits per heavy atom. The Balaban J connectivity index is 1.29. The number of hydrogen-bond donors (Lipinski definition) is 0. The number of nitriles is 1. The number of methoxy groups -OCH3 is 2. The van der Waals surface area contributed by atoms with E-state index in [1.165, 1.54) is 39.5 Å². The van der Waals surface area contributed by atoms with Crippen molar-refractivity contribution in [2.75, 3.05) is 58.6 Å². The number of benzene rings is 2. The van der Waals surface area contributed by atoms with Crippen LogP contribution in [0.5, 0.6) is 11.5 Å². The molecule has 0 saturated heterocycles. The molecule has 7 nitrogen and oxygen atoms in total. The third kappa shape index (κ3) is 5.14. The van der Waals surface area contributed by atoms with Crippen molar-refractivity contribution in [2.45, 2.75) is 38.5 Å². The number of rotatable bonds is 9. The monoisotopic (exact) mass is 540 g/mol. The largest absolute Gasteiger partial charge is 0.491 e. The predicted octanol–water partition coefficient (Wildman–Crippen LogP) is 5.35. The molecule has 2 heterocycles. The van der Waals surface area contributed by atoms with E-state index in [0.29, 0.717) is 32.3 Å². The van der Waals surface area contributed by atoms with Crippen LogP contribution in [-0.2, 0) is 22.3 Å². The van der Waals surface area contributed by atoms with Gasteiger partial charge in [0, 0.05) is 56.6 Å². The summed E-state index contributed by atoms with van der Waals surface area (Å²) < 4.78 is 24.3. The lowest BCUT2D eigenvalue weighted by Gasteiger charge is -2.33. The number of anilines is 1. The zero-order chi connectivity index (χ0) is 27.5. The first kappa shape index (κ1) is 26.6. The first-order chi connectivity index (χ1) is 19.7. The van der Waals surface area contributed by atoms with Gasteiger partial charge in [0.05, 0.1) is 13.2 Å². The van der Waals surface area contributed by atoms with Crippen molar-refractivity contribution in [3.8, 4) is 17.6 Å². The van der Waals surface area contributed by atoms with Gasteiger partial charge in [-0.25, -0.2) is 0 Å². The first-order valence-electron chi connectivity index (χ1n) is 14.5. The van der Waals surface area contributed by atoms with E-state index in [4.69, 9.17) is 18.9 Å². The van der Waals surface area contributed by atoms with Crippen molar-refractivity contribution in [2.24, 2.45) is 5.92 Å². The second kappa shape index (κ2) is 11.9. The molecule has 40 heavy (non-hydrogen) atoms. The molecule has 0 amide bonds. The molecular formula is C33H38N3O4+. The average Bonchev–Trinajstić information content (AvgIpc) is 3.60. The van der Waals surface area contributed by atoms with Crippen LogP contribution in [0.25, 0.3) is 0 Å². The molecule has 6 rings (SSSR count). The van der Waals surface area contributed by atoms with E-state index in [-0.39, 0.29) is 0 Å². The highest BCUT2D eigenvalue weighted by molar-refractivity contribution is 6.03. The minimum Gasteiger partial charge on any atom is -0.491 e. The van der Waals surface area contributed by atoms with Gasteiger partial charge in [0.15, 0.2) is 12.3 Å². The van der Waals surface area contributed by atoms with Crippen molar-refractivity contribution in [1.82, 2.24) is 0 Å². The van der Waals surface area contributed by atoms with E-state index in [1.807, 2.05) is 6.07 Å². The Kier molecular flexibility index (Phi) is 7.90. The molecule has 2 aromatic rings.